The van der Waals surface area contributed by atoms with E-state index in [0.29, 0.717) is 32.1 Å². The Labute approximate surface area is 209 Å². The summed E-state index contributed by atoms with van der Waals surface area (Å²) >= 11 is 0. The number of rotatable bonds is 16. The van der Waals surface area contributed by atoms with Crippen LogP contribution in [-0.2, 0) is 27.2 Å². The van der Waals surface area contributed by atoms with E-state index < -0.39 is 12.0 Å². The van der Waals surface area contributed by atoms with E-state index in [9.17, 15) is 14.7 Å². The Kier molecular flexibility index (Phi) is 9.00. The highest BCUT2D eigenvalue weighted by molar-refractivity contribution is 5.84. The fraction of sp³-hybridized carbons (Fsp3) is 0.741. The van der Waals surface area contributed by atoms with Gasteiger partial charge in [0.1, 0.15) is 11.9 Å². The lowest BCUT2D eigenvalue weighted by Gasteiger charge is -2.24. The molecule has 35 heavy (non-hydrogen) atoms. The predicted molar refractivity (Wildman–Crippen MR) is 136 cm³/mol. The maximum absolute atomic E-state index is 12.3. The molecular formula is C27H42N4O4. The molecule has 0 saturated heterocycles. The van der Waals surface area contributed by atoms with Gasteiger partial charge in [-0.3, -0.25) is 4.79 Å². The number of hydrogen-bond acceptors (Lipinski definition) is 6. The third-order valence-corrected chi connectivity index (χ3v) is 7.45. The molecule has 1 unspecified atom stereocenters. The van der Waals surface area contributed by atoms with Crippen LogP contribution in [0, 0.1) is 5.41 Å². The SMILES string of the molecule is CC1(CC(=O)NC(CCN(CCCCc2ccc3c(n2)NCCC3)CCOC2CC2)C(=O)O)CC1. The van der Waals surface area contributed by atoms with Crippen LogP contribution < -0.4 is 10.6 Å². The van der Waals surface area contributed by atoms with E-state index in [2.05, 4.69) is 34.6 Å². The molecule has 1 aromatic rings. The van der Waals surface area contributed by atoms with Crippen molar-refractivity contribution in [2.75, 3.05) is 38.1 Å². The van der Waals surface area contributed by atoms with Gasteiger partial charge in [-0.15, -0.1) is 0 Å². The molecule has 3 aliphatic rings. The summed E-state index contributed by atoms with van der Waals surface area (Å²) in [6, 6.07) is 3.51. The van der Waals surface area contributed by atoms with Gasteiger partial charge in [0.2, 0.25) is 5.91 Å². The lowest BCUT2D eigenvalue weighted by molar-refractivity contribution is -0.142. The second-order valence-corrected chi connectivity index (χ2v) is 10.9. The van der Waals surface area contributed by atoms with E-state index in [-0.39, 0.29) is 11.3 Å². The number of carboxylic acids is 1. The summed E-state index contributed by atoms with van der Waals surface area (Å²) in [6.45, 7) is 6.05. The van der Waals surface area contributed by atoms with Gasteiger partial charge in [0, 0.05) is 31.7 Å². The maximum atomic E-state index is 12.3. The first-order valence-electron chi connectivity index (χ1n) is 13.5. The minimum absolute atomic E-state index is 0.0717. The molecule has 0 spiro atoms. The van der Waals surface area contributed by atoms with E-state index >= 15 is 0 Å². The summed E-state index contributed by atoms with van der Waals surface area (Å²) in [4.78, 5) is 31.2. The molecule has 0 radical (unpaired) electrons. The van der Waals surface area contributed by atoms with E-state index in [4.69, 9.17) is 9.72 Å². The number of amides is 1. The number of aryl methyl sites for hydroxylation is 2. The molecule has 2 aliphatic carbocycles. The number of nitrogens with one attached hydrogen (secondary N) is 2. The van der Waals surface area contributed by atoms with Crippen LogP contribution in [0.15, 0.2) is 12.1 Å². The molecule has 8 heteroatoms. The molecule has 194 valence electrons. The van der Waals surface area contributed by atoms with Crippen molar-refractivity contribution in [2.45, 2.75) is 89.7 Å². The second kappa shape index (κ2) is 12.2. The normalized spacial score (nSPS) is 19.0. The quantitative estimate of drug-likeness (QED) is 0.308. The molecule has 4 rings (SSSR count). The highest BCUT2D eigenvalue weighted by Gasteiger charge is 2.39. The summed E-state index contributed by atoms with van der Waals surface area (Å²) in [7, 11) is 0. The number of aliphatic carboxylic acids is 1. The van der Waals surface area contributed by atoms with Crippen molar-refractivity contribution in [1.29, 1.82) is 0 Å². The number of fused-ring (bicyclic) bond motifs is 1. The number of carbonyl (C=O) groups is 2. The van der Waals surface area contributed by atoms with Gasteiger partial charge in [-0.2, -0.15) is 0 Å². The third-order valence-electron chi connectivity index (χ3n) is 7.45. The van der Waals surface area contributed by atoms with Crippen LogP contribution in [0.4, 0.5) is 5.82 Å². The predicted octanol–water partition coefficient (Wildman–Crippen LogP) is 3.39. The Bertz CT molecular complexity index is 869. The van der Waals surface area contributed by atoms with Gasteiger partial charge < -0.3 is 25.4 Å². The molecule has 2 saturated carbocycles. The molecule has 1 amide bonds. The summed E-state index contributed by atoms with van der Waals surface area (Å²) in [5, 5.41) is 15.8. The van der Waals surface area contributed by atoms with E-state index in [0.717, 1.165) is 82.5 Å². The Morgan fingerprint density at radius 2 is 2.09 bits per heavy atom. The Morgan fingerprint density at radius 3 is 2.83 bits per heavy atom. The Balaban J connectivity index is 1.22. The van der Waals surface area contributed by atoms with E-state index in [1.165, 1.54) is 12.0 Å². The van der Waals surface area contributed by atoms with Gasteiger partial charge in [0.15, 0.2) is 0 Å². The first-order chi connectivity index (χ1) is 16.9. The zero-order chi connectivity index (χ0) is 24.7. The second-order valence-electron chi connectivity index (χ2n) is 10.9. The minimum Gasteiger partial charge on any atom is -0.480 e. The van der Waals surface area contributed by atoms with E-state index in [1.54, 1.807) is 0 Å². The maximum Gasteiger partial charge on any atom is 0.326 e. The van der Waals surface area contributed by atoms with Crippen LogP contribution in [0.2, 0.25) is 0 Å². The standard InChI is InChI=1S/C27H42N4O4/c1-27(12-13-27)19-24(32)30-23(26(33)34)11-16-31(17-18-35-22-9-10-22)15-3-2-6-21-8-7-20-5-4-14-28-25(20)29-21/h7-8,22-23H,2-6,9-19H2,1H3,(H,28,29)(H,30,32)(H,33,34). The number of carbonyl (C=O) groups excluding carboxylic acids is 1. The van der Waals surface area contributed by atoms with Gasteiger partial charge in [-0.1, -0.05) is 13.0 Å². The van der Waals surface area contributed by atoms with Crippen LogP contribution in [0.25, 0.3) is 0 Å². The molecule has 1 atom stereocenters. The average molecular weight is 487 g/mol. The molecule has 0 aromatic carbocycles. The average Bonchev–Trinajstić information content (AvgIpc) is 3.77. The Morgan fingerprint density at radius 1 is 1.26 bits per heavy atom. The van der Waals surface area contributed by atoms with Crippen molar-refractivity contribution in [3.8, 4) is 0 Å². The smallest absolute Gasteiger partial charge is 0.326 e. The summed E-state index contributed by atoms with van der Waals surface area (Å²) < 4.78 is 5.85. The fourth-order valence-electron chi connectivity index (χ4n) is 4.66. The third kappa shape index (κ3) is 8.76. The van der Waals surface area contributed by atoms with Crippen LogP contribution in [0.1, 0.15) is 76.0 Å². The first kappa shape index (κ1) is 25.9. The van der Waals surface area contributed by atoms with Crippen LogP contribution >= 0.6 is 0 Å². The van der Waals surface area contributed by atoms with Gasteiger partial charge in [0.05, 0.1) is 12.7 Å². The van der Waals surface area contributed by atoms with Crippen LogP contribution in [0.5, 0.6) is 0 Å². The molecule has 2 fully saturated rings. The summed E-state index contributed by atoms with van der Waals surface area (Å²) in [5.41, 5.74) is 2.51. The van der Waals surface area contributed by atoms with Gasteiger partial charge in [0.25, 0.3) is 0 Å². The number of hydrogen-bond donors (Lipinski definition) is 3. The van der Waals surface area contributed by atoms with Crippen molar-refractivity contribution in [2.24, 2.45) is 5.41 Å². The number of nitrogens with zero attached hydrogens (tertiary/aromatic N) is 2. The molecule has 1 aromatic heterocycles. The van der Waals surface area contributed by atoms with E-state index in [1.807, 2.05) is 0 Å². The van der Waals surface area contributed by atoms with Crippen molar-refractivity contribution in [3.05, 3.63) is 23.4 Å². The van der Waals surface area contributed by atoms with Crippen molar-refractivity contribution >= 4 is 17.7 Å². The lowest BCUT2D eigenvalue weighted by Crippen LogP contribution is -2.44. The van der Waals surface area contributed by atoms with Crippen LogP contribution in [0.3, 0.4) is 0 Å². The Hall–Kier alpha value is -2.19. The minimum atomic E-state index is -0.958. The summed E-state index contributed by atoms with van der Waals surface area (Å²) in [5.74, 6) is -0.0568. The van der Waals surface area contributed by atoms with Gasteiger partial charge >= 0.3 is 5.97 Å². The highest BCUT2D eigenvalue weighted by Crippen LogP contribution is 2.47. The van der Waals surface area contributed by atoms with Gasteiger partial charge in [-0.05, 0) is 87.8 Å². The lowest BCUT2D eigenvalue weighted by atomic mass is 10.0. The zero-order valence-corrected chi connectivity index (χ0v) is 21.2. The molecule has 3 N–H and O–H groups in total. The van der Waals surface area contributed by atoms with Crippen molar-refractivity contribution < 1.29 is 19.4 Å². The summed E-state index contributed by atoms with van der Waals surface area (Å²) in [6.07, 6.45) is 10.9. The molecule has 8 nitrogen and oxygen atoms in total. The largest absolute Gasteiger partial charge is 0.480 e. The number of ether oxygens (including phenoxy) is 1. The number of unbranched alkanes of at least 4 members (excludes halogenated alkanes) is 1. The number of aromatic nitrogens is 1. The number of carboxylic acid groups (broad SMARTS) is 1. The van der Waals surface area contributed by atoms with Crippen molar-refractivity contribution in [3.63, 3.8) is 0 Å². The first-order valence-corrected chi connectivity index (χ1v) is 13.5. The molecular weight excluding hydrogens is 444 g/mol. The zero-order valence-electron chi connectivity index (χ0n) is 21.2. The van der Waals surface area contributed by atoms with Gasteiger partial charge in [-0.25, -0.2) is 9.78 Å². The van der Waals surface area contributed by atoms with Crippen molar-refractivity contribution in [1.82, 2.24) is 15.2 Å². The molecule has 2 heterocycles. The monoisotopic (exact) mass is 486 g/mol. The highest BCUT2D eigenvalue weighted by atomic mass is 16.5. The fourth-order valence-corrected chi connectivity index (χ4v) is 4.66. The molecule has 1 aliphatic heterocycles. The van der Waals surface area contributed by atoms with Crippen LogP contribution in [-0.4, -0.2) is 71.8 Å². The molecule has 0 bridgehead atoms. The number of anilines is 1. The number of pyridine rings is 1. The topological polar surface area (TPSA) is 104 Å².